The van der Waals surface area contributed by atoms with E-state index in [1.54, 1.807) is 12.1 Å². The number of aliphatic hydroxyl groups is 1. The van der Waals surface area contributed by atoms with Gasteiger partial charge in [0.15, 0.2) is 6.29 Å². The summed E-state index contributed by atoms with van der Waals surface area (Å²) in [5.74, 6) is 0.551. The number of aliphatic hydroxyl groups excluding tert-OH is 1. The fourth-order valence-corrected chi connectivity index (χ4v) is 7.51. The smallest absolute Gasteiger partial charge is 0.255 e. The van der Waals surface area contributed by atoms with Crippen LogP contribution >= 0.6 is 0 Å². The molecule has 6 unspecified atom stereocenters. The van der Waals surface area contributed by atoms with Crippen molar-refractivity contribution in [2.24, 2.45) is 5.92 Å². The predicted octanol–water partition coefficient (Wildman–Crippen LogP) is 6.91. The summed E-state index contributed by atoms with van der Waals surface area (Å²) in [5.41, 5.74) is 3.73. The van der Waals surface area contributed by atoms with E-state index in [1.807, 2.05) is 87.5 Å². The average Bonchev–Trinajstić information content (AvgIpc) is 3.08. The fraction of sp³-hybridized carbons (Fsp3) is 0.487. The molecule has 3 aromatic carbocycles. The Morgan fingerprint density at radius 1 is 0.851 bits per heavy atom. The molecular formula is C39H49N3O5. The normalized spacial score (nSPS) is 26.6. The van der Waals surface area contributed by atoms with E-state index >= 15 is 0 Å². The quantitative estimate of drug-likeness (QED) is 0.248. The fourth-order valence-electron chi connectivity index (χ4n) is 7.51. The SMILES string of the molecule is CC(C)(C)NC(=O)C1CCC2CCCCC2N1CC1CC(c2ccc(CO)cc2)OC(c2ccc(NC(=O)c3ccccc3)cc2)O1. The van der Waals surface area contributed by atoms with E-state index in [4.69, 9.17) is 9.47 Å². The summed E-state index contributed by atoms with van der Waals surface area (Å²) in [7, 11) is 0. The van der Waals surface area contributed by atoms with E-state index in [-0.39, 0.29) is 42.2 Å². The molecule has 250 valence electrons. The maximum atomic E-state index is 13.7. The molecule has 6 rings (SSSR count). The van der Waals surface area contributed by atoms with E-state index in [0.29, 0.717) is 36.2 Å². The summed E-state index contributed by atoms with van der Waals surface area (Å²) in [5, 5.41) is 15.8. The molecule has 2 aliphatic heterocycles. The molecule has 0 bridgehead atoms. The number of piperidine rings is 1. The second-order valence-electron chi connectivity index (χ2n) is 14.4. The molecule has 3 aliphatic rings. The first kappa shape index (κ1) is 33.3. The Morgan fingerprint density at radius 2 is 1.55 bits per heavy atom. The van der Waals surface area contributed by atoms with Crippen molar-refractivity contribution in [1.82, 2.24) is 10.2 Å². The molecule has 8 nitrogen and oxygen atoms in total. The van der Waals surface area contributed by atoms with Crippen LogP contribution in [0.25, 0.3) is 0 Å². The summed E-state index contributed by atoms with van der Waals surface area (Å²) in [6, 6.07) is 24.9. The molecular weight excluding hydrogens is 590 g/mol. The minimum Gasteiger partial charge on any atom is -0.392 e. The number of carbonyl (C=O) groups excluding carboxylic acids is 2. The first-order valence-electron chi connectivity index (χ1n) is 17.2. The summed E-state index contributed by atoms with van der Waals surface area (Å²) in [6.45, 7) is 6.76. The Kier molecular flexibility index (Phi) is 10.4. The molecule has 1 aliphatic carbocycles. The van der Waals surface area contributed by atoms with Crippen molar-refractivity contribution in [3.05, 3.63) is 101 Å². The van der Waals surface area contributed by atoms with Gasteiger partial charge in [-0.1, -0.05) is 67.4 Å². The van der Waals surface area contributed by atoms with Crippen LogP contribution in [0.3, 0.4) is 0 Å². The van der Waals surface area contributed by atoms with Crippen LogP contribution in [-0.2, 0) is 20.9 Å². The number of carbonyl (C=O) groups is 2. The lowest BCUT2D eigenvalue weighted by Crippen LogP contribution is -2.61. The van der Waals surface area contributed by atoms with Crippen molar-refractivity contribution in [3.8, 4) is 0 Å². The monoisotopic (exact) mass is 639 g/mol. The van der Waals surface area contributed by atoms with Crippen molar-refractivity contribution in [3.63, 3.8) is 0 Å². The van der Waals surface area contributed by atoms with Gasteiger partial charge in [-0.3, -0.25) is 14.5 Å². The largest absolute Gasteiger partial charge is 0.392 e. The number of hydrogen-bond donors (Lipinski definition) is 3. The molecule has 2 amide bonds. The zero-order valence-corrected chi connectivity index (χ0v) is 27.9. The van der Waals surface area contributed by atoms with E-state index in [1.165, 1.54) is 19.3 Å². The number of nitrogens with zero attached hydrogens (tertiary/aromatic N) is 1. The molecule has 2 heterocycles. The zero-order chi connectivity index (χ0) is 33.0. The standard InChI is InChI=1S/C39H49N3O5/c1-39(2,3)41-37(45)34-22-19-27-9-7-8-12-33(27)42(34)24-32-23-35(28-15-13-26(25-43)14-16-28)47-38(46-32)30-17-20-31(21-18-30)40-36(44)29-10-5-4-6-11-29/h4-6,10-11,13-18,20-21,27,32-35,38,43H,7-9,12,19,22-25H2,1-3H3,(H,40,44)(H,41,45). The highest BCUT2D eigenvalue weighted by atomic mass is 16.7. The van der Waals surface area contributed by atoms with E-state index < -0.39 is 6.29 Å². The van der Waals surface area contributed by atoms with Crippen LogP contribution in [0.1, 0.15) is 105 Å². The van der Waals surface area contributed by atoms with Gasteiger partial charge < -0.3 is 25.2 Å². The van der Waals surface area contributed by atoms with Crippen LogP contribution in [0.5, 0.6) is 0 Å². The summed E-state index contributed by atoms with van der Waals surface area (Å²) >= 11 is 0. The van der Waals surface area contributed by atoms with Gasteiger partial charge in [0, 0.05) is 41.4 Å². The van der Waals surface area contributed by atoms with Crippen molar-refractivity contribution < 1.29 is 24.2 Å². The Hall–Kier alpha value is -3.56. The van der Waals surface area contributed by atoms with Crippen molar-refractivity contribution in [2.45, 2.75) is 108 Å². The number of likely N-dealkylation sites (tertiary alicyclic amines) is 1. The maximum Gasteiger partial charge on any atom is 0.255 e. The number of rotatable bonds is 8. The van der Waals surface area contributed by atoms with Gasteiger partial charge in [0.25, 0.3) is 5.91 Å². The lowest BCUT2D eigenvalue weighted by molar-refractivity contribution is -0.255. The first-order chi connectivity index (χ1) is 22.7. The highest BCUT2D eigenvalue weighted by Gasteiger charge is 2.44. The van der Waals surface area contributed by atoms with Crippen molar-refractivity contribution in [2.75, 3.05) is 11.9 Å². The van der Waals surface area contributed by atoms with E-state index in [9.17, 15) is 14.7 Å². The number of anilines is 1. The summed E-state index contributed by atoms with van der Waals surface area (Å²) in [4.78, 5) is 28.9. The second kappa shape index (κ2) is 14.7. The lowest BCUT2D eigenvalue weighted by Gasteiger charge is -2.50. The van der Waals surface area contributed by atoms with Gasteiger partial charge in [0.2, 0.25) is 5.91 Å². The number of hydrogen-bond acceptors (Lipinski definition) is 6. The highest BCUT2D eigenvalue weighted by molar-refractivity contribution is 6.04. The van der Waals surface area contributed by atoms with Crippen LogP contribution in [0.4, 0.5) is 5.69 Å². The Balaban J connectivity index is 1.24. The van der Waals surface area contributed by atoms with Crippen LogP contribution < -0.4 is 10.6 Å². The highest BCUT2D eigenvalue weighted by Crippen LogP contribution is 2.42. The molecule has 6 atom stereocenters. The Labute approximate surface area is 278 Å². The topological polar surface area (TPSA) is 100 Å². The number of fused-ring (bicyclic) bond motifs is 1. The molecule has 47 heavy (non-hydrogen) atoms. The van der Waals surface area contributed by atoms with Gasteiger partial charge in [-0.05, 0) is 87.8 Å². The molecule has 8 heteroatoms. The zero-order valence-electron chi connectivity index (χ0n) is 27.9. The van der Waals surface area contributed by atoms with Gasteiger partial charge in [-0.25, -0.2) is 0 Å². The minimum absolute atomic E-state index is 0.0111. The van der Waals surface area contributed by atoms with Gasteiger partial charge >= 0.3 is 0 Å². The van der Waals surface area contributed by atoms with Gasteiger partial charge in [0.05, 0.1) is 24.9 Å². The molecule has 3 fully saturated rings. The molecule has 3 N–H and O–H groups in total. The molecule has 3 aromatic rings. The number of amides is 2. The Bertz CT molecular complexity index is 1490. The molecule has 0 spiro atoms. The number of benzene rings is 3. The average molecular weight is 640 g/mol. The maximum absolute atomic E-state index is 13.7. The van der Waals surface area contributed by atoms with Gasteiger partial charge in [0.1, 0.15) is 0 Å². The first-order valence-corrected chi connectivity index (χ1v) is 17.2. The van der Waals surface area contributed by atoms with Crippen LogP contribution in [0, 0.1) is 5.92 Å². The van der Waals surface area contributed by atoms with Crippen molar-refractivity contribution >= 4 is 17.5 Å². The lowest BCUT2D eigenvalue weighted by atomic mass is 9.75. The minimum atomic E-state index is -0.621. The summed E-state index contributed by atoms with van der Waals surface area (Å²) < 4.78 is 13.4. The second-order valence-corrected chi connectivity index (χ2v) is 14.4. The number of nitrogens with one attached hydrogen (secondary N) is 2. The van der Waals surface area contributed by atoms with Crippen LogP contribution in [0.15, 0.2) is 78.9 Å². The van der Waals surface area contributed by atoms with Gasteiger partial charge in [-0.15, -0.1) is 0 Å². The van der Waals surface area contributed by atoms with Crippen molar-refractivity contribution in [1.29, 1.82) is 0 Å². The Morgan fingerprint density at radius 3 is 2.26 bits per heavy atom. The molecule has 0 aromatic heterocycles. The molecule has 1 saturated carbocycles. The molecule has 0 radical (unpaired) electrons. The van der Waals surface area contributed by atoms with Crippen LogP contribution in [-0.4, -0.2) is 52.1 Å². The van der Waals surface area contributed by atoms with E-state index in [0.717, 1.165) is 36.0 Å². The third-order valence-corrected chi connectivity index (χ3v) is 9.81. The van der Waals surface area contributed by atoms with Gasteiger partial charge in [-0.2, -0.15) is 0 Å². The third-order valence-electron chi connectivity index (χ3n) is 9.81. The third kappa shape index (κ3) is 8.30. The van der Waals surface area contributed by atoms with Crippen LogP contribution in [0.2, 0.25) is 0 Å². The van der Waals surface area contributed by atoms with E-state index in [2.05, 4.69) is 15.5 Å². The predicted molar refractivity (Wildman–Crippen MR) is 183 cm³/mol. The molecule has 2 saturated heterocycles. The summed E-state index contributed by atoms with van der Waals surface area (Å²) in [6.07, 6.45) is 6.37. The number of ether oxygens (including phenoxy) is 2.